The maximum absolute atomic E-state index is 11.2. The molecular weight excluding hydrogens is 166 g/mol. The number of esters is 1. The van der Waals surface area contributed by atoms with E-state index in [1.807, 2.05) is 19.9 Å². The van der Waals surface area contributed by atoms with Gasteiger partial charge in [0.1, 0.15) is 0 Å². The van der Waals surface area contributed by atoms with Gasteiger partial charge in [0.2, 0.25) is 0 Å². The van der Waals surface area contributed by atoms with Gasteiger partial charge in [-0.05, 0) is 11.3 Å². The van der Waals surface area contributed by atoms with E-state index in [0.717, 1.165) is 0 Å². The molecule has 0 aromatic rings. The minimum atomic E-state index is -0.183. The summed E-state index contributed by atoms with van der Waals surface area (Å²) in [7, 11) is 1.39. The minimum Gasteiger partial charge on any atom is -0.469 e. The van der Waals surface area contributed by atoms with Gasteiger partial charge in [0.25, 0.3) is 0 Å². The van der Waals surface area contributed by atoms with Crippen molar-refractivity contribution in [1.29, 1.82) is 5.26 Å². The van der Waals surface area contributed by atoms with Crippen LogP contribution in [0.2, 0.25) is 0 Å². The van der Waals surface area contributed by atoms with Crippen LogP contribution in [0.5, 0.6) is 0 Å². The minimum absolute atomic E-state index is 0.0551. The maximum atomic E-state index is 11.2. The zero-order chi connectivity index (χ0) is 10.1. The third-order valence-electron chi connectivity index (χ3n) is 2.74. The fourth-order valence-electron chi connectivity index (χ4n) is 1.76. The summed E-state index contributed by atoms with van der Waals surface area (Å²) in [4.78, 5) is 11.2. The topological polar surface area (TPSA) is 50.1 Å². The molecule has 1 fully saturated rings. The van der Waals surface area contributed by atoms with Crippen LogP contribution in [0.3, 0.4) is 0 Å². The molecule has 2 atom stereocenters. The van der Waals surface area contributed by atoms with Gasteiger partial charge in [-0.3, -0.25) is 4.79 Å². The maximum Gasteiger partial charge on any atom is 0.309 e. The molecule has 1 rings (SSSR count). The van der Waals surface area contributed by atoms with Crippen molar-refractivity contribution in [3.63, 3.8) is 0 Å². The number of hydrogen-bond donors (Lipinski definition) is 0. The van der Waals surface area contributed by atoms with E-state index in [1.54, 1.807) is 6.08 Å². The number of ether oxygens (including phenoxy) is 1. The number of rotatable bonds is 2. The molecular formula is C10H13NO2. The summed E-state index contributed by atoms with van der Waals surface area (Å²) in [5.74, 6) is -0.112. The summed E-state index contributed by atoms with van der Waals surface area (Å²) in [5.41, 5.74) is -0.0551. The van der Waals surface area contributed by atoms with Gasteiger partial charge in [-0.25, -0.2) is 0 Å². The molecule has 0 spiro atoms. The smallest absolute Gasteiger partial charge is 0.309 e. The molecule has 0 aromatic carbocycles. The number of nitriles is 1. The third-order valence-corrected chi connectivity index (χ3v) is 2.74. The highest BCUT2D eigenvalue weighted by Gasteiger charge is 2.61. The Morgan fingerprint density at radius 2 is 2.23 bits per heavy atom. The first kappa shape index (κ1) is 9.79. The molecule has 1 saturated carbocycles. The van der Waals surface area contributed by atoms with Gasteiger partial charge >= 0.3 is 5.97 Å². The van der Waals surface area contributed by atoms with E-state index in [-0.39, 0.29) is 23.2 Å². The Balaban J connectivity index is 2.67. The lowest BCUT2D eigenvalue weighted by atomic mass is 10.1. The molecule has 2 unspecified atom stereocenters. The Morgan fingerprint density at radius 3 is 2.69 bits per heavy atom. The predicted octanol–water partition coefficient (Wildman–Crippen LogP) is 1.51. The summed E-state index contributed by atoms with van der Waals surface area (Å²) in [6.07, 6.45) is 3.21. The molecule has 3 nitrogen and oxygen atoms in total. The highest BCUT2D eigenvalue weighted by atomic mass is 16.5. The Hall–Kier alpha value is -1.30. The van der Waals surface area contributed by atoms with Crippen molar-refractivity contribution in [3.05, 3.63) is 12.2 Å². The lowest BCUT2D eigenvalue weighted by Crippen LogP contribution is -2.07. The number of carbonyl (C=O) groups excluding carboxylic acids is 1. The standard InChI is InChI=1S/C10H13NO2/c1-10(2)7(5-4-6-11)8(10)9(12)13-3/h4-5,7-8H,1-3H3. The molecule has 13 heavy (non-hydrogen) atoms. The van der Waals surface area contributed by atoms with Gasteiger partial charge in [-0.15, -0.1) is 0 Å². The van der Waals surface area contributed by atoms with Gasteiger partial charge < -0.3 is 4.74 Å². The second-order valence-corrected chi connectivity index (χ2v) is 3.84. The largest absolute Gasteiger partial charge is 0.469 e. The van der Waals surface area contributed by atoms with Gasteiger partial charge in [-0.1, -0.05) is 19.9 Å². The zero-order valence-electron chi connectivity index (χ0n) is 8.07. The van der Waals surface area contributed by atoms with E-state index in [9.17, 15) is 4.79 Å². The molecule has 0 amide bonds. The predicted molar refractivity (Wildman–Crippen MR) is 47.5 cm³/mol. The fourth-order valence-corrected chi connectivity index (χ4v) is 1.76. The average molecular weight is 179 g/mol. The molecule has 0 aliphatic heterocycles. The van der Waals surface area contributed by atoms with Crippen molar-refractivity contribution in [1.82, 2.24) is 0 Å². The van der Waals surface area contributed by atoms with Crippen LogP contribution in [0.25, 0.3) is 0 Å². The fraction of sp³-hybridized carbons (Fsp3) is 0.600. The lowest BCUT2D eigenvalue weighted by molar-refractivity contribution is -0.143. The second kappa shape index (κ2) is 3.21. The van der Waals surface area contributed by atoms with Gasteiger partial charge in [0, 0.05) is 6.08 Å². The van der Waals surface area contributed by atoms with Crippen LogP contribution in [0.1, 0.15) is 13.8 Å². The van der Waals surface area contributed by atoms with Crippen LogP contribution in [0.15, 0.2) is 12.2 Å². The molecule has 1 aliphatic rings. The van der Waals surface area contributed by atoms with E-state index in [0.29, 0.717) is 0 Å². The molecule has 1 aliphatic carbocycles. The molecule has 0 N–H and O–H groups in total. The Labute approximate surface area is 78.0 Å². The monoisotopic (exact) mass is 179 g/mol. The van der Waals surface area contributed by atoms with Gasteiger partial charge in [0.15, 0.2) is 0 Å². The Bertz CT molecular complexity index is 286. The second-order valence-electron chi connectivity index (χ2n) is 3.84. The van der Waals surface area contributed by atoms with E-state index < -0.39 is 0 Å². The van der Waals surface area contributed by atoms with Crippen LogP contribution in [-0.2, 0) is 9.53 Å². The first-order chi connectivity index (χ1) is 6.05. The van der Waals surface area contributed by atoms with Crippen molar-refractivity contribution >= 4 is 5.97 Å². The quantitative estimate of drug-likeness (QED) is 0.477. The number of carbonyl (C=O) groups is 1. The zero-order valence-corrected chi connectivity index (χ0v) is 8.07. The lowest BCUT2D eigenvalue weighted by Gasteiger charge is -1.98. The summed E-state index contributed by atoms with van der Waals surface area (Å²) >= 11 is 0. The molecule has 0 bridgehead atoms. The first-order valence-corrected chi connectivity index (χ1v) is 4.19. The molecule has 0 radical (unpaired) electrons. The van der Waals surface area contributed by atoms with Gasteiger partial charge in [-0.2, -0.15) is 5.26 Å². The average Bonchev–Trinajstić information content (AvgIpc) is 2.63. The molecule has 0 aromatic heterocycles. The van der Waals surface area contributed by atoms with Crippen LogP contribution in [-0.4, -0.2) is 13.1 Å². The molecule has 3 heteroatoms. The Morgan fingerprint density at radius 1 is 1.62 bits per heavy atom. The van der Waals surface area contributed by atoms with Crippen molar-refractivity contribution in [2.75, 3.05) is 7.11 Å². The SMILES string of the molecule is COC(=O)C1C(C=CC#N)C1(C)C. The first-order valence-electron chi connectivity index (χ1n) is 4.19. The Kier molecular flexibility index (Phi) is 2.42. The van der Waals surface area contributed by atoms with Crippen LogP contribution < -0.4 is 0 Å². The normalized spacial score (nSPS) is 29.7. The van der Waals surface area contributed by atoms with Crippen molar-refractivity contribution in [2.24, 2.45) is 17.3 Å². The van der Waals surface area contributed by atoms with Crippen molar-refractivity contribution < 1.29 is 9.53 Å². The van der Waals surface area contributed by atoms with Gasteiger partial charge in [0.05, 0.1) is 19.1 Å². The molecule has 0 saturated heterocycles. The van der Waals surface area contributed by atoms with Crippen LogP contribution in [0, 0.1) is 28.6 Å². The molecule has 0 heterocycles. The van der Waals surface area contributed by atoms with Crippen molar-refractivity contribution in [3.8, 4) is 6.07 Å². The number of allylic oxidation sites excluding steroid dienone is 2. The van der Waals surface area contributed by atoms with Crippen LogP contribution >= 0.6 is 0 Å². The van der Waals surface area contributed by atoms with E-state index in [1.165, 1.54) is 13.2 Å². The highest BCUT2D eigenvalue weighted by molar-refractivity contribution is 5.78. The number of nitrogens with zero attached hydrogens (tertiary/aromatic N) is 1. The summed E-state index contributed by atoms with van der Waals surface area (Å²) in [6, 6.07) is 1.92. The molecule has 70 valence electrons. The summed E-state index contributed by atoms with van der Waals surface area (Å²) in [6.45, 7) is 4.00. The summed E-state index contributed by atoms with van der Waals surface area (Å²) < 4.78 is 4.66. The summed E-state index contributed by atoms with van der Waals surface area (Å²) in [5, 5.41) is 8.34. The highest BCUT2D eigenvalue weighted by Crippen LogP contribution is 2.59. The van der Waals surface area contributed by atoms with E-state index in [4.69, 9.17) is 5.26 Å². The van der Waals surface area contributed by atoms with Crippen molar-refractivity contribution in [2.45, 2.75) is 13.8 Å². The number of hydrogen-bond acceptors (Lipinski definition) is 3. The third kappa shape index (κ3) is 1.57. The van der Waals surface area contributed by atoms with E-state index in [2.05, 4.69) is 4.74 Å². The van der Waals surface area contributed by atoms with E-state index >= 15 is 0 Å². The number of methoxy groups -OCH3 is 1. The van der Waals surface area contributed by atoms with Crippen LogP contribution in [0.4, 0.5) is 0 Å².